The van der Waals surface area contributed by atoms with Crippen molar-refractivity contribution >= 4 is 0 Å². The number of aryl methyl sites for hydroxylation is 1. The van der Waals surface area contributed by atoms with Crippen LogP contribution in [0.4, 0.5) is 0 Å². The second-order valence-corrected chi connectivity index (χ2v) is 5.49. The molecule has 0 N–H and O–H groups in total. The van der Waals surface area contributed by atoms with Gasteiger partial charge in [-0.25, -0.2) is 4.68 Å². The Morgan fingerprint density at radius 1 is 1.04 bits per heavy atom. The van der Waals surface area contributed by atoms with Crippen LogP contribution in [0, 0.1) is 18.3 Å². The first-order valence-corrected chi connectivity index (χ1v) is 7.67. The summed E-state index contributed by atoms with van der Waals surface area (Å²) in [6.07, 6.45) is 3.54. The average Bonchev–Trinajstić information content (AvgIpc) is 3.31. The Labute approximate surface area is 143 Å². The number of hydrogen-bond donors (Lipinski definition) is 0. The standard InChI is InChI=1S/C18H13N7/c1-13-6-5-7-14(10-19)17(13)25-22-18(21-23-25)15-11-20-24(12-15)16-8-3-2-4-9-16/h2-9,11-12H,1H3. The van der Waals surface area contributed by atoms with Crippen molar-refractivity contribution in [1.29, 1.82) is 5.26 Å². The van der Waals surface area contributed by atoms with Gasteiger partial charge in [-0.2, -0.15) is 10.4 Å². The van der Waals surface area contributed by atoms with Crippen LogP contribution in [0.1, 0.15) is 11.1 Å². The quantitative estimate of drug-likeness (QED) is 0.577. The number of tetrazole rings is 1. The summed E-state index contributed by atoms with van der Waals surface area (Å²) in [7, 11) is 0. The molecule has 4 rings (SSSR count). The van der Waals surface area contributed by atoms with Crippen LogP contribution >= 0.6 is 0 Å². The predicted molar refractivity (Wildman–Crippen MR) is 91.2 cm³/mol. The van der Waals surface area contributed by atoms with Gasteiger partial charge in [0.1, 0.15) is 11.8 Å². The lowest BCUT2D eigenvalue weighted by atomic mass is 10.1. The van der Waals surface area contributed by atoms with Gasteiger partial charge in [0.15, 0.2) is 0 Å². The van der Waals surface area contributed by atoms with Gasteiger partial charge in [-0.15, -0.1) is 15.0 Å². The van der Waals surface area contributed by atoms with Crippen LogP contribution in [0.25, 0.3) is 22.8 Å². The van der Waals surface area contributed by atoms with Crippen molar-refractivity contribution in [2.45, 2.75) is 6.92 Å². The van der Waals surface area contributed by atoms with Crippen molar-refractivity contribution in [3.8, 4) is 28.8 Å². The molecule has 0 amide bonds. The van der Waals surface area contributed by atoms with Crippen molar-refractivity contribution in [1.82, 2.24) is 30.0 Å². The fourth-order valence-corrected chi connectivity index (χ4v) is 2.60. The van der Waals surface area contributed by atoms with Crippen molar-refractivity contribution in [3.63, 3.8) is 0 Å². The monoisotopic (exact) mass is 327 g/mol. The van der Waals surface area contributed by atoms with E-state index in [-0.39, 0.29) is 0 Å². The van der Waals surface area contributed by atoms with Gasteiger partial charge in [0.2, 0.25) is 5.82 Å². The molecule has 0 spiro atoms. The largest absolute Gasteiger partial charge is 0.240 e. The third-order valence-corrected chi connectivity index (χ3v) is 3.83. The van der Waals surface area contributed by atoms with Gasteiger partial charge in [0.05, 0.1) is 23.0 Å². The fourth-order valence-electron chi connectivity index (χ4n) is 2.60. The Bertz CT molecular complexity index is 1070. The van der Waals surface area contributed by atoms with E-state index in [1.54, 1.807) is 16.9 Å². The summed E-state index contributed by atoms with van der Waals surface area (Å²) in [5.74, 6) is 0.453. The molecule has 2 heterocycles. The minimum absolute atomic E-state index is 0.453. The minimum atomic E-state index is 0.453. The van der Waals surface area contributed by atoms with Crippen LogP contribution in [-0.4, -0.2) is 30.0 Å². The van der Waals surface area contributed by atoms with Crippen LogP contribution in [0.3, 0.4) is 0 Å². The topological polar surface area (TPSA) is 85.2 Å². The van der Waals surface area contributed by atoms with E-state index in [0.29, 0.717) is 17.1 Å². The number of hydrogen-bond acceptors (Lipinski definition) is 5. The molecule has 0 saturated carbocycles. The fraction of sp³-hybridized carbons (Fsp3) is 0.0556. The second-order valence-electron chi connectivity index (χ2n) is 5.49. The molecular formula is C18H13N7. The van der Waals surface area contributed by atoms with Gasteiger partial charge in [0.25, 0.3) is 0 Å². The Balaban J connectivity index is 1.72. The van der Waals surface area contributed by atoms with E-state index in [0.717, 1.165) is 16.8 Å². The van der Waals surface area contributed by atoms with E-state index in [9.17, 15) is 5.26 Å². The van der Waals surface area contributed by atoms with Crippen LogP contribution < -0.4 is 0 Å². The maximum Gasteiger partial charge on any atom is 0.208 e. The predicted octanol–water partition coefficient (Wildman–Crippen LogP) is 2.70. The molecule has 0 radical (unpaired) electrons. The summed E-state index contributed by atoms with van der Waals surface area (Å²) in [6.45, 7) is 1.91. The lowest BCUT2D eigenvalue weighted by Gasteiger charge is -2.04. The molecule has 0 fully saturated rings. The maximum atomic E-state index is 9.30. The Morgan fingerprint density at radius 3 is 2.68 bits per heavy atom. The lowest BCUT2D eigenvalue weighted by Crippen LogP contribution is -2.04. The number of para-hydroxylation sites is 2. The van der Waals surface area contributed by atoms with Gasteiger partial charge in [-0.1, -0.05) is 30.3 Å². The van der Waals surface area contributed by atoms with Gasteiger partial charge in [0, 0.05) is 6.20 Å². The highest BCUT2D eigenvalue weighted by atomic mass is 15.6. The summed E-state index contributed by atoms with van der Waals surface area (Å²) in [4.78, 5) is 1.39. The first kappa shape index (κ1) is 14.8. The molecule has 7 heteroatoms. The van der Waals surface area contributed by atoms with Gasteiger partial charge >= 0.3 is 0 Å². The lowest BCUT2D eigenvalue weighted by molar-refractivity contribution is 0.714. The number of rotatable bonds is 3. The van der Waals surface area contributed by atoms with Crippen molar-refractivity contribution < 1.29 is 0 Å². The normalized spacial score (nSPS) is 10.6. The summed E-state index contributed by atoms with van der Waals surface area (Å²) in [5.41, 5.74) is 3.75. The third kappa shape index (κ3) is 2.66. The highest BCUT2D eigenvalue weighted by molar-refractivity contribution is 5.55. The molecule has 0 unspecified atom stereocenters. The van der Waals surface area contributed by atoms with E-state index in [1.807, 2.05) is 55.6 Å². The minimum Gasteiger partial charge on any atom is -0.240 e. The summed E-state index contributed by atoms with van der Waals surface area (Å²) >= 11 is 0. The molecule has 0 aliphatic rings. The van der Waals surface area contributed by atoms with E-state index < -0.39 is 0 Å². The van der Waals surface area contributed by atoms with Gasteiger partial charge < -0.3 is 0 Å². The molecule has 0 aliphatic heterocycles. The van der Waals surface area contributed by atoms with E-state index in [2.05, 4.69) is 26.6 Å². The highest BCUT2D eigenvalue weighted by Gasteiger charge is 2.14. The maximum absolute atomic E-state index is 9.30. The van der Waals surface area contributed by atoms with E-state index in [1.165, 1.54) is 4.80 Å². The molecule has 4 aromatic rings. The van der Waals surface area contributed by atoms with Crippen LogP contribution in [0.2, 0.25) is 0 Å². The first-order valence-electron chi connectivity index (χ1n) is 7.67. The molecule has 0 bridgehead atoms. The van der Waals surface area contributed by atoms with Crippen molar-refractivity contribution in [2.75, 3.05) is 0 Å². The third-order valence-electron chi connectivity index (χ3n) is 3.83. The smallest absolute Gasteiger partial charge is 0.208 e. The molecule has 7 nitrogen and oxygen atoms in total. The summed E-state index contributed by atoms with van der Waals surface area (Å²) in [6, 6.07) is 17.4. The zero-order chi connectivity index (χ0) is 17.2. The highest BCUT2D eigenvalue weighted by Crippen LogP contribution is 2.20. The van der Waals surface area contributed by atoms with Crippen LogP contribution in [0.15, 0.2) is 60.9 Å². The summed E-state index contributed by atoms with van der Waals surface area (Å²) < 4.78 is 1.75. The molecule has 0 saturated heterocycles. The first-order chi connectivity index (χ1) is 12.3. The van der Waals surface area contributed by atoms with Crippen molar-refractivity contribution in [3.05, 3.63) is 72.1 Å². The zero-order valence-electron chi connectivity index (χ0n) is 13.4. The molecule has 25 heavy (non-hydrogen) atoms. The second kappa shape index (κ2) is 6.02. The molecule has 0 atom stereocenters. The molecule has 0 aliphatic carbocycles. The summed E-state index contributed by atoms with van der Waals surface area (Å²) in [5, 5.41) is 26.3. The van der Waals surface area contributed by atoms with Crippen molar-refractivity contribution in [2.24, 2.45) is 0 Å². The van der Waals surface area contributed by atoms with E-state index >= 15 is 0 Å². The molecule has 2 aromatic heterocycles. The molecule has 120 valence electrons. The number of benzene rings is 2. The number of nitriles is 1. The van der Waals surface area contributed by atoms with Crippen LogP contribution in [-0.2, 0) is 0 Å². The molecule has 2 aromatic carbocycles. The Hall–Kier alpha value is -3.79. The molecular weight excluding hydrogens is 314 g/mol. The zero-order valence-corrected chi connectivity index (χ0v) is 13.4. The van der Waals surface area contributed by atoms with Crippen LogP contribution in [0.5, 0.6) is 0 Å². The number of nitrogens with zero attached hydrogens (tertiary/aromatic N) is 7. The Morgan fingerprint density at radius 2 is 1.88 bits per heavy atom. The van der Waals surface area contributed by atoms with Gasteiger partial charge in [-0.05, 0) is 35.9 Å². The van der Waals surface area contributed by atoms with Gasteiger partial charge in [-0.3, -0.25) is 0 Å². The SMILES string of the molecule is Cc1cccc(C#N)c1-n1nnc(-c2cnn(-c3ccccc3)c2)n1. The van der Waals surface area contributed by atoms with E-state index in [4.69, 9.17) is 0 Å². The Kier molecular flexibility index (Phi) is 3.56. The number of aromatic nitrogens is 6. The average molecular weight is 327 g/mol.